The van der Waals surface area contributed by atoms with E-state index in [1.807, 2.05) is 67.6 Å². The van der Waals surface area contributed by atoms with Crippen molar-refractivity contribution in [1.82, 2.24) is 10.4 Å². The van der Waals surface area contributed by atoms with E-state index in [-0.39, 0.29) is 19.3 Å². The standard InChI is InChI=1S/C27H34N2O6/c1-3-13-24(18-11-12-19-25(30)33-4-2)29(27(32)35-21-23-16-9-6-10-17-23)28-26(31)34-20-22-14-7-5-8-15-22/h5-10,12,14-17,19,24H,3-4,11,13,18,20-21H2,1-2H3,(H,28,31)/b19-12+/t24-/m0/s1. The van der Waals surface area contributed by atoms with Gasteiger partial charge in [-0.05, 0) is 37.3 Å². The van der Waals surface area contributed by atoms with E-state index in [9.17, 15) is 14.4 Å². The van der Waals surface area contributed by atoms with Crippen molar-refractivity contribution in [2.45, 2.75) is 58.8 Å². The number of carbonyl (C=O) groups excluding carboxylic acids is 3. The van der Waals surface area contributed by atoms with Crippen molar-refractivity contribution in [1.29, 1.82) is 0 Å². The van der Waals surface area contributed by atoms with Crippen molar-refractivity contribution in [3.8, 4) is 0 Å². The molecule has 2 amide bonds. The van der Waals surface area contributed by atoms with Gasteiger partial charge in [0.15, 0.2) is 0 Å². The van der Waals surface area contributed by atoms with Crippen molar-refractivity contribution in [3.63, 3.8) is 0 Å². The molecule has 8 nitrogen and oxygen atoms in total. The normalized spacial score (nSPS) is 11.5. The minimum Gasteiger partial charge on any atom is -0.463 e. The monoisotopic (exact) mass is 482 g/mol. The van der Waals surface area contributed by atoms with Gasteiger partial charge in [-0.15, -0.1) is 0 Å². The number of ether oxygens (including phenoxy) is 3. The van der Waals surface area contributed by atoms with E-state index >= 15 is 0 Å². The Morgan fingerprint density at radius 1 is 0.857 bits per heavy atom. The van der Waals surface area contributed by atoms with Crippen LogP contribution in [0.1, 0.15) is 50.7 Å². The highest BCUT2D eigenvalue weighted by molar-refractivity contribution is 5.81. The number of rotatable bonds is 12. The topological polar surface area (TPSA) is 94.2 Å². The van der Waals surface area contributed by atoms with Gasteiger partial charge in [-0.2, -0.15) is 0 Å². The molecular weight excluding hydrogens is 448 g/mol. The summed E-state index contributed by atoms with van der Waals surface area (Å²) in [5.74, 6) is -0.415. The van der Waals surface area contributed by atoms with Crippen molar-refractivity contribution < 1.29 is 28.6 Å². The molecule has 0 unspecified atom stereocenters. The number of esters is 1. The lowest BCUT2D eigenvalue weighted by atomic mass is 10.1. The van der Waals surface area contributed by atoms with Crippen LogP contribution in [0.5, 0.6) is 0 Å². The Balaban J connectivity index is 2.06. The van der Waals surface area contributed by atoms with Crippen LogP contribution in [0.3, 0.4) is 0 Å². The van der Waals surface area contributed by atoms with E-state index in [2.05, 4.69) is 5.43 Å². The number of hydrogen-bond acceptors (Lipinski definition) is 6. The molecule has 0 saturated carbocycles. The highest BCUT2D eigenvalue weighted by Gasteiger charge is 2.27. The van der Waals surface area contributed by atoms with Gasteiger partial charge in [0, 0.05) is 6.08 Å². The van der Waals surface area contributed by atoms with Crippen molar-refractivity contribution in [2.75, 3.05) is 6.61 Å². The lowest BCUT2D eigenvalue weighted by Gasteiger charge is -2.30. The second kappa shape index (κ2) is 15.9. The summed E-state index contributed by atoms with van der Waals surface area (Å²) in [4.78, 5) is 37.1. The smallest absolute Gasteiger partial charge is 0.429 e. The summed E-state index contributed by atoms with van der Waals surface area (Å²) in [6, 6.07) is 18.2. The fraction of sp³-hybridized carbons (Fsp3) is 0.370. The maximum atomic E-state index is 13.0. The number of amides is 2. The molecule has 0 saturated heterocycles. The van der Waals surface area contributed by atoms with Gasteiger partial charge in [-0.1, -0.05) is 80.1 Å². The Morgan fingerprint density at radius 2 is 1.46 bits per heavy atom. The molecule has 1 atom stereocenters. The molecule has 0 heterocycles. The van der Waals surface area contributed by atoms with Crippen molar-refractivity contribution in [3.05, 3.63) is 83.9 Å². The molecule has 0 aliphatic carbocycles. The molecule has 2 rings (SSSR count). The van der Waals surface area contributed by atoms with Gasteiger partial charge in [0.05, 0.1) is 12.6 Å². The largest absolute Gasteiger partial charge is 0.463 e. The van der Waals surface area contributed by atoms with Gasteiger partial charge in [0.2, 0.25) is 0 Å². The first-order chi connectivity index (χ1) is 17.0. The van der Waals surface area contributed by atoms with Crippen LogP contribution in [-0.4, -0.2) is 35.8 Å². The SMILES string of the molecule is CCC[C@@H](CC/C=C/C(=O)OCC)N(NC(=O)OCc1ccccc1)C(=O)OCc1ccccc1. The Morgan fingerprint density at radius 3 is 2.03 bits per heavy atom. The van der Waals surface area contributed by atoms with Crippen LogP contribution in [0.4, 0.5) is 9.59 Å². The molecule has 2 aromatic carbocycles. The predicted molar refractivity (Wildman–Crippen MR) is 132 cm³/mol. The third kappa shape index (κ3) is 10.8. The van der Waals surface area contributed by atoms with E-state index in [0.29, 0.717) is 25.9 Å². The molecule has 35 heavy (non-hydrogen) atoms. The van der Waals surface area contributed by atoms with E-state index in [1.165, 1.54) is 11.1 Å². The average molecular weight is 483 g/mol. The quantitative estimate of drug-likeness (QED) is 0.185. The van der Waals surface area contributed by atoms with Gasteiger partial charge in [-0.3, -0.25) is 0 Å². The van der Waals surface area contributed by atoms with Crippen LogP contribution in [0.15, 0.2) is 72.8 Å². The first kappa shape index (κ1) is 27.4. The Hall–Kier alpha value is -3.81. The van der Waals surface area contributed by atoms with Crippen molar-refractivity contribution in [2.24, 2.45) is 0 Å². The van der Waals surface area contributed by atoms with E-state index < -0.39 is 18.2 Å². The molecule has 8 heteroatoms. The summed E-state index contributed by atoms with van der Waals surface area (Å²) in [5, 5.41) is 1.19. The highest BCUT2D eigenvalue weighted by Crippen LogP contribution is 2.15. The maximum absolute atomic E-state index is 13.0. The fourth-order valence-electron chi connectivity index (χ4n) is 3.32. The second-order valence-electron chi connectivity index (χ2n) is 7.76. The number of allylic oxidation sites excluding steroid dienone is 1. The predicted octanol–water partition coefficient (Wildman–Crippen LogP) is 5.53. The number of hydrogen-bond donors (Lipinski definition) is 1. The van der Waals surface area contributed by atoms with Crippen LogP contribution in [-0.2, 0) is 32.2 Å². The van der Waals surface area contributed by atoms with Gasteiger partial charge in [0.1, 0.15) is 13.2 Å². The molecule has 0 spiro atoms. The van der Waals surface area contributed by atoms with E-state index in [1.54, 1.807) is 13.0 Å². The highest BCUT2D eigenvalue weighted by atomic mass is 16.6. The van der Waals surface area contributed by atoms with Crippen LogP contribution < -0.4 is 5.43 Å². The first-order valence-corrected chi connectivity index (χ1v) is 11.8. The van der Waals surface area contributed by atoms with Gasteiger partial charge >= 0.3 is 18.2 Å². The van der Waals surface area contributed by atoms with Crippen LogP contribution in [0.2, 0.25) is 0 Å². The number of hydrazine groups is 1. The van der Waals surface area contributed by atoms with Crippen LogP contribution in [0, 0.1) is 0 Å². The lowest BCUT2D eigenvalue weighted by molar-refractivity contribution is -0.137. The first-order valence-electron chi connectivity index (χ1n) is 11.8. The number of nitrogens with zero attached hydrogens (tertiary/aromatic N) is 1. The summed E-state index contributed by atoms with van der Waals surface area (Å²) in [5.41, 5.74) is 4.22. The fourth-order valence-corrected chi connectivity index (χ4v) is 3.32. The molecule has 2 aromatic rings. The molecule has 0 aromatic heterocycles. The molecule has 0 fully saturated rings. The van der Waals surface area contributed by atoms with E-state index in [4.69, 9.17) is 14.2 Å². The minimum absolute atomic E-state index is 0.0680. The second-order valence-corrected chi connectivity index (χ2v) is 7.76. The summed E-state index contributed by atoms with van der Waals surface area (Å²) >= 11 is 0. The zero-order valence-corrected chi connectivity index (χ0v) is 20.4. The summed E-state index contributed by atoms with van der Waals surface area (Å²) in [7, 11) is 0. The molecule has 188 valence electrons. The van der Waals surface area contributed by atoms with Gasteiger partial charge in [-0.25, -0.2) is 24.8 Å². The van der Waals surface area contributed by atoms with Crippen molar-refractivity contribution >= 4 is 18.2 Å². The van der Waals surface area contributed by atoms with Gasteiger partial charge in [0.25, 0.3) is 0 Å². The van der Waals surface area contributed by atoms with Gasteiger partial charge < -0.3 is 14.2 Å². The minimum atomic E-state index is -0.756. The molecular formula is C27H34N2O6. The third-order valence-electron chi connectivity index (χ3n) is 5.02. The molecule has 0 aliphatic rings. The molecule has 0 radical (unpaired) electrons. The Labute approximate surface area is 206 Å². The molecule has 0 bridgehead atoms. The zero-order valence-electron chi connectivity index (χ0n) is 20.4. The van der Waals surface area contributed by atoms with Crippen LogP contribution in [0.25, 0.3) is 0 Å². The maximum Gasteiger partial charge on any atom is 0.429 e. The summed E-state index contributed by atoms with van der Waals surface area (Å²) < 4.78 is 15.7. The van der Waals surface area contributed by atoms with Crippen LogP contribution >= 0.6 is 0 Å². The Bertz CT molecular complexity index is 933. The number of nitrogens with one attached hydrogen (secondary N) is 1. The molecule has 0 aliphatic heterocycles. The number of carbonyl (C=O) groups is 3. The van der Waals surface area contributed by atoms with E-state index in [0.717, 1.165) is 17.5 Å². The summed E-state index contributed by atoms with van der Waals surface area (Å²) in [6.45, 7) is 4.17. The Kier molecular flexibility index (Phi) is 12.5. The third-order valence-corrected chi connectivity index (χ3v) is 5.02. The number of benzene rings is 2. The lowest BCUT2D eigenvalue weighted by Crippen LogP contribution is -2.52. The zero-order chi connectivity index (χ0) is 25.3. The average Bonchev–Trinajstić information content (AvgIpc) is 2.88. The molecule has 1 N–H and O–H groups in total. The summed E-state index contributed by atoms with van der Waals surface area (Å²) in [6.07, 6.45) is 4.03.